The van der Waals surface area contributed by atoms with Crippen molar-refractivity contribution in [2.24, 2.45) is 0 Å². The van der Waals surface area contributed by atoms with Crippen LogP contribution >= 0.6 is 23.8 Å². The molecule has 4 nitrogen and oxygen atoms in total. The monoisotopic (exact) mass is 383 g/mol. The highest BCUT2D eigenvalue weighted by Gasteiger charge is 2.27. The van der Waals surface area contributed by atoms with Crippen molar-refractivity contribution in [2.75, 3.05) is 38.7 Å². The Bertz CT molecular complexity index is 574. The standard InChI is InChI=1S/C19H30ClN3OS/c1-14(2)22-10-8-16(9-11-22)23(12-13-24-4)19(25)21-18-7-5-6-17(20)15(18)3/h5-7,14,16H,8-13H2,1-4H3,(H,21,25). The number of hydrogen-bond acceptors (Lipinski definition) is 3. The number of methoxy groups -OCH3 is 1. The Balaban J connectivity index is 2.06. The Kier molecular flexibility index (Phi) is 7.94. The molecule has 0 aromatic heterocycles. The largest absolute Gasteiger partial charge is 0.383 e. The molecule has 0 spiro atoms. The quantitative estimate of drug-likeness (QED) is 0.744. The van der Waals surface area contributed by atoms with Gasteiger partial charge in [0.1, 0.15) is 0 Å². The number of piperidine rings is 1. The summed E-state index contributed by atoms with van der Waals surface area (Å²) in [6.45, 7) is 10.2. The molecule has 1 heterocycles. The molecule has 1 N–H and O–H groups in total. The summed E-state index contributed by atoms with van der Waals surface area (Å²) in [6.07, 6.45) is 2.25. The van der Waals surface area contributed by atoms with Crippen LogP contribution in [-0.2, 0) is 4.74 Å². The SMILES string of the molecule is COCCN(C(=S)Nc1cccc(Cl)c1C)C1CCN(C(C)C)CC1. The van der Waals surface area contributed by atoms with E-state index in [1.807, 2.05) is 25.1 Å². The van der Waals surface area contributed by atoms with Crippen molar-refractivity contribution < 1.29 is 4.74 Å². The third-order valence-electron chi connectivity index (χ3n) is 4.98. The van der Waals surface area contributed by atoms with Crippen LogP contribution in [0.5, 0.6) is 0 Å². The molecule has 1 aliphatic rings. The lowest BCUT2D eigenvalue weighted by molar-refractivity contribution is 0.108. The van der Waals surface area contributed by atoms with E-state index in [2.05, 4.69) is 29.0 Å². The van der Waals surface area contributed by atoms with Crippen molar-refractivity contribution in [3.63, 3.8) is 0 Å². The molecular formula is C19H30ClN3OS. The van der Waals surface area contributed by atoms with Gasteiger partial charge >= 0.3 is 0 Å². The van der Waals surface area contributed by atoms with Crippen molar-refractivity contribution in [3.8, 4) is 0 Å². The van der Waals surface area contributed by atoms with Gasteiger partial charge in [0.25, 0.3) is 0 Å². The van der Waals surface area contributed by atoms with Gasteiger partial charge in [-0.2, -0.15) is 0 Å². The average molecular weight is 384 g/mol. The number of benzene rings is 1. The van der Waals surface area contributed by atoms with Crippen LogP contribution in [0.25, 0.3) is 0 Å². The molecule has 0 amide bonds. The summed E-state index contributed by atoms with van der Waals surface area (Å²) < 4.78 is 5.31. The van der Waals surface area contributed by atoms with Gasteiger partial charge in [0.15, 0.2) is 5.11 Å². The van der Waals surface area contributed by atoms with E-state index in [1.165, 1.54) is 0 Å². The van der Waals surface area contributed by atoms with Crippen molar-refractivity contribution in [3.05, 3.63) is 28.8 Å². The predicted octanol–water partition coefficient (Wildman–Crippen LogP) is 4.17. The first kappa shape index (κ1) is 20.4. The number of rotatable bonds is 6. The van der Waals surface area contributed by atoms with E-state index in [1.54, 1.807) is 7.11 Å². The van der Waals surface area contributed by atoms with Crippen molar-refractivity contribution in [1.29, 1.82) is 0 Å². The molecule has 1 fully saturated rings. The zero-order valence-corrected chi connectivity index (χ0v) is 17.3. The lowest BCUT2D eigenvalue weighted by Crippen LogP contribution is -2.50. The highest BCUT2D eigenvalue weighted by molar-refractivity contribution is 7.80. The fourth-order valence-electron chi connectivity index (χ4n) is 3.28. The normalized spacial score (nSPS) is 16.2. The van der Waals surface area contributed by atoms with Crippen LogP contribution in [0.4, 0.5) is 5.69 Å². The predicted molar refractivity (Wildman–Crippen MR) is 111 cm³/mol. The highest BCUT2D eigenvalue weighted by Crippen LogP contribution is 2.24. The molecule has 0 radical (unpaired) electrons. The van der Waals surface area contributed by atoms with Crippen molar-refractivity contribution in [1.82, 2.24) is 9.80 Å². The first-order chi connectivity index (χ1) is 11.9. The highest BCUT2D eigenvalue weighted by atomic mass is 35.5. The van der Waals surface area contributed by atoms with Gasteiger partial charge in [0.05, 0.1) is 6.61 Å². The maximum absolute atomic E-state index is 6.23. The van der Waals surface area contributed by atoms with Crippen LogP contribution in [0.15, 0.2) is 18.2 Å². The molecule has 2 rings (SSSR count). The minimum atomic E-state index is 0.449. The Morgan fingerprint density at radius 2 is 2.08 bits per heavy atom. The fraction of sp³-hybridized carbons (Fsp3) is 0.632. The summed E-state index contributed by atoms with van der Waals surface area (Å²) in [5.74, 6) is 0. The number of nitrogens with one attached hydrogen (secondary N) is 1. The second-order valence-corrected chi connectivity index (χ2v) is 7.68. The van der Waals surface area contributed by atoms with Crippen LogP contribution in [0.2, 0.25) is 5.02 Å². The number of anilines is 1. The first-order valence-electron chi connectivity index (χ1n) is 8.99. The van der Waals surface area contributed by atoms with E-state index in [0.717, 1.165) is 53.9 Å². The van der Waals surface area contributed by atoms with Crippen molar-refractivity contribution >= 4 is 34.6 Å². The van der Waals surface area contributed by atoms with Crippen LogP contribution in [0, 0.1) is 6.92 Å². The number of likely N-dealkylation sites (tertiary alicyclic amines) is 1. The fourth-order valence-corrected chi connectivity index (χ4v) is 3.81. The van der Waals surface area contributed by atoms with E-state index in [-0.39, 0.29) is 0 Å². The number of halogens is 1. The Hall–Kier alpha value is -0.880. The van der Waals surface area contributed by atoms with Crippen LogP contribution in [-0.4, -0.2) is 60.3 Å². The van der Waals surface area contributed by atoms with Gasteiger partial charge in [-0.15, -0.1) is 0 Å². The molecule has 0 unspecified atom stereocenters. The minimum Gasteiger partial charge on any atom is -0.383 e. The molecule has 0 aliphatic carbocycles. The molecule has 1 aliphatic heterocycles. The molecule has 0 bridgehead atoms. The molecule has 140 valence electrons. The van der Waals surface area contributed by atoms with Gasteiger partial charge < -0.3 is 19.9 Å². The zero-order valence-electron chi connectivity index (χ0n) is 15.7. The second kappa shape index (κ2) is 9.72. The van der Waals surface area contributed by atoms with E-state index < -0.39 is 0 Å². The Labute approximate surface area is 162 Å². The smallest absolute Gasteiger partial charge is 0.173 e. The van der Waals surface area contributed by atoms with Gasteiger partial charge in [0, 0.05) is 49.5 Å². The zero-order chi connectivity index (χ0) is 18.4. The van der Waals surface area contributed by atoms with Crippen LogP contribution < -0.4 is 5.32 Å². The summed E-state index contributed by atoms with van der Waals surface area (Å²) in [7, 11) is 1.73. The van der Waals surface area contributed by atoms with Gasteiger partial charge in [-0.1, -0.05) is 17.7 Å². The average Bonchev–Trinajstić information content (AvgIpc) is 2.59. The maximum atomic E-state index is 6.23. The molecule has 6 heteroatoms. The van der Waals surface area contributed by atoms with E-state index >= 15 is 0 Å². The van der Waals surface area contributed by atoms with Gasteiger partial charge in [-0.25, -0.2) is 0 Å². The van der Waals surface area contributed by atoms with E-state index in [9.17, 15) is 0 Å². The summed E-state index contributed by atoms with van der Waals surface area (Å²) in [5, 5.41) is 4.90. The molecule has 0 atom stereocenters. The summed E-state index contributed by atoms with van der Waals surface area (Å²) in [5.41, 5.74) is 1.99. The number of nitrogens with zero attached hydrogens (tertiary/aromatic N) is 2. The van der Waals surface area contributed by atoms with E-state index in [4.69, 9.17) is 28.6 Å². The molecular weight excluding hydrogens is 354 g/mol. The summed E-state index contributed by atoms with van der Waals surface area (Å²) in [4.78, 5) is 4.82. The number of hydrogen-bond donors (Lipinski definition) is 1. The lowest BCUT2D eigenvalue weighted by atomic mass is 10.0. The Morgan fingerprint density at radius 1 is 1.40 bits per heavy atom. The topological polar surface area (TPSA) is 27.7 Å². The third kappa shape index (κ3) is 5.55. The van der Waals surface area contributed by atoms with Crippen LogP contribution in [0.3, 0.4) is 0 Å². The van der Waals surface area contributed by atoms with E-state index in [0.29, 0.717) is 18.7 Å². The summed E-state index contributed by atoms with van der Waals surface area (Å²) >= 11 is 12.0. The second-order valence-electron chi connectivity index (χ2n) is 6.89. The van der Waals surface area contributed by atoms with Crippen molar-refractivity contribution in [2.45, 2.75) is 45.7 Å². The van der Waals surface area contributed by atoms with Gasteiger partial charge in [-0.05, 0) is 63.5 Å². The molecule has 0 saturated carbocycles. The lowest BCUT2D eigenvalue weighted by Gasteiger charge is -2.41. The van der Waals surface area contributed by atoms with Gasteiger partial charge in [0.2, 0.25) is 0 Å². The molecule has 1 aromatic rings. The van der Waals surface area contributed by atoms with Crippen LogP contribution in [0.1, 0.15) is 32.3 Å². The Morgan fingerprint density at radius 3 is 2.68 bits per heavy atom. The molecule has 25 heavy (non-hydrogen) atoms. The number of thiocarbonyl (C=S) groups is 1. The minimum absolute atomic E-state index is 0.449. The first-order valence-corrected chi connectivity index (χ1v) is 9.78. The molecule has 1 aromatic carbocycles. The molecule has 1 saturated heterocycles. The third-order valence-corrected chi connectivity index (χ3v) is 5.72. The maximum Gasteiger partial charge on any atom is 0.173 e. The summed E-state index contributed by atoms with van der Waals surface area (Å²) in [6, 6.07) is 6.91. The van der Waals surface area contributed by atoms with Gasteiger partial charge in [-0.3, -0.25) is 0 Å². The number of ether oxygens (including phenoxy) is 1.